The molecule has 0 heterocycles. The van der Waals surface area contributed by atoms with Crippen molar-refractivity contribution in [3.8, 4) is 11.5 Å². The van der Waals surface area contributed by atoms with Crippen LogP contribution in [-0.2, 0) is 24.2 Å². The van der Waals surface area contributed by atoms with Crippen LogP contribution in [0, 0.1) is 0 Å². The van der Waals surface area contributed by atoms with Crippen LogP contribution in [0.4, 0.5) is 0 Å². The first-order valence-electron chi connectivity index (χ1n) is 10.8. The number of hydrogen-bond donors (Lipinski definition) is 5. The normalized spacial score (nSPS) is 12.8. The number of aliphatic hydroxyl groups is 1. The summed E-state index contributed by atoms with van der Waals surface area (Å²) in [4.78, 5) is 12.3. The third kappa shape index (κ3) is 8.09. The number of halogens is 1. The van der Waals surface area contributed by atoms with Crippen LogP contribution in [0.25, 0.3) is 0 Å². The lowest BCUT2D eigenvalue weighted by Crippen LogP contribution is -2.32. The first-order valence-corrected chi connectivity index (χ1v) is 11.2. The second kappa shape index (κ2) is 11.7. The molecule has 1 amide bonds. The fourth-order valence-corrected chi connectivity index (χ4v) is 3.71. The Balaban J connectivity index is 1.47. The zero-order valence-electron chi connectivity index (χ0n) is 18.5. The lowest BCUT2D eigenvalue weighted by atomic mass is 10.0. The van der Waals surface area contributed by atoms with Crippen molar-refractivity contribution < 1.29 is 20.1 Å². The molecule has 0 fully saturated rings. The Morgan fingerprint density at radius 1 is 0.939 bits per heavy atom. The molecule has 0 saturated heterocycles. The molecule has 174 valence electrons. The van der Waals surface area contributed by atoms with Crippen LogP contribution in [0.2, 0.25) is 5.02 Å². The van der Waals surface area contributed by atoms with Crippen molar-refractivity contribution in [1.29, 1.82) is 0 Å². The average molecular weight is 469 g/mol. The quantitative estimate of drug-likeness (QED) is 0.311. The van der Waals surface area contributed by atoms with E-state index in [9.17, 15) is 20.1 Å². The molecule has 5 N–H and O–H groups in total. The summed E-state index contributed by atoms with van der Waals surface area (Å²) in [5.41, 5.74) is 3.45. The minimum absolute atomic E-state index is 0.0502. The third-order valence-electron chi connectivity index (χ3n) is 5.27. The molecule has 0 aliphatic heterocycles. The number of aromatic hydroxyl groups is 2. The highest BCUT2D eigenvalue weighted by atomic mass is 35.5. The summed E-state index contributed by atoms with van der Waals surface area (Å²) in [5.74, 6) is -0.233. The molecule has 3 aromatic carbocycles. The Hall–Kier alpha value is -3.06. The highest BCUT2D eigenvalue weighted by molar-refractivity contribution is 6.30. The van der Waals surface area contributed by atoms with E-state index in [1.54, 1.807) is 12.1 Å². The van der Waals surface area contributed by atoms with Gasteiger partial charge < -0.3 is 26.0 Å². The van der Waals surface area contributed by atoms with Crippen LogP contribution < -0.4 is 10.6 Å². The molecule has 0 radical (unpaired) electrons. The predicted octanol–water partition coefficient (Wildman–Crippen LogP) is 3.86. The van der Waals surface area contributed by atoms with Gasteiger partial charge in [0.2, 0.25) is 5.91 Å². The van der Waals surface area contributed by atoms with Crippen molar-refractivity contribution >= 4 is 17.5 Å². The van der Waals surface area contributed by atoms with E-state index in [0.717, 1.165) is 23.1 Å². The van der Waals surface area contributed by atoms with Gasteiger partial charge in [0.05, 0.1) is 12.5 Å². The largest absolute Gasteiger partial charge is 0.508 e. The highest BCUT2D eigenvalue weighted by Gasteiger charge is 2.12. The molecule has 3 rings (SSSR count). The topological polar surface area (TPSA) is 102 Å². The predicted molar refractivity (Wildman–Crippen MR) is 129 cm³/mol. The number of amides is 1. The summed E-state index contributed by atoms with van der Waals surface area (Å²) in [6, 6.07) is 19.4. The molecule has 6 nitrogen and oxygen atoms in total. The van der Waals surface area contributed by atoms with Gasteiger partial charge in [-0.15, -0.1) is 0 Å². The van der Waals surface area contributed by atoms with Gasteiger partial charge in [-0.05, 0) is 59.9 Å². The van der Waals surface area contributed by atoms with Gasteiger partial charge in [0.15, 0.2) is 0 Å². The Morgan fingerprint density at radius 2 is 1.61 bits per heavy atom. The molecule has 0 aliphatic rings. The first-order chi connectivity index (χ1) is 15.8. The molecular weight excluding hydrogens is 440 g/mol. The smallest absolute Gasteiger partial charge is 0.224 e. The second-order valence-corrected chi connectivity index (χ2v) is 8.65. The number of phenolic OH excluding ortho intramolecular Hbond substituents is 2. The zero-order chi connectivity index (χ0) is 23.8. The lowest BCUT2D eigenvalue weighted by Gasteiger charge is -2.18. The van der Waals surface area contributed by atoms with Gasteiger partial charge >= 0.3 is 0 Å². The van der Waals surface area contributed by atoms with E-state index in [1.807, 2.05) is 43.3 Å². The van der Waals surface area contributed by atoms with Crippen molar-refractivity contribution in [2.75, 3.05) is 6.54 Å². The van der Waals surface area contributed by atoms with Gasteiger partial charge in [-0.2, -0.15) is 0 Å². The first kappa shape index (κ1) is 24.6. The Kier molecular flexibility index (Phi) is 8.72. The monoisotopic (exact) mass is 468 g/mol. The van der Waals surface area contributed by atoms with E-state index >= 15 is 0 Å². The molecule has 0 spiro atoms. The van der Waals surface area contributed by atoms with Crippen molar-refractivity contribution in [3.05, 3.63) is 94.0 Å². The molecule has 0 bridgehead atoms. The Morgan fingerprint density at radius 3 is 2.30 bits per heavy atom. The van der Waals surface area contributed by atoms with Crippen LogP contribution in [0.15, 0.2) is 66.7 Å². The maximum Gasteiger partial charge on any atom is 0.224 e. The number of benzene rings is 3. The molecule has 3 aromatic rings. The van der Waals surface area contributed by atoms with E-state index < -0.39 is 6.10 Å². The summed E-state index contributed by atoms with van der Waals surface area (Å²) in [5, 5.41) is 36.4. The van der Waals surface area contributed by atoms with Crippen LogP contribution in [0.1, 0.15) is 35.3 Å². The van der Waals surface area contributed by atoms with E-state index in [1.165, 1.54) is 18.2 Å². The Bertz CT molecular complexity index is 1050. The molecule has 7 heteroatoms. The van der Waals surface area contributed by atoms with E-state index in [2.05, 4.69) is 10.6 Å². The number of hydrogen-bond acceptors (Lipinski definition) is 5. The van der Waals surface area contributed by atoms with Gasteiger partial charge in [0, 0.05) is 30.2 Å². The summed E-state index contributed by atoms with van der Waals surface area (Å²) >= 11 is 5.88. The van der Waals surface area contributed by atoms with Crippen molar-refractivity contribution in [2.45, 2.75) is 38.5 Å². The minimum Gasteiger partial charge on any atom is -0.508 e. The highest BCUT2D eigenvalue weighted by Crippen LogP contribution is 2.24. The maximum atomic E-state index is 12.3. The second-order valence-electron chi connectivity index (χ2n) is 8.21. The van der Waals surface area contributed by atoms with Gasteiger partial charge in [-0.3, -0.25) is 4.79 Å². The third-order valence-corrected chi connectivity index (χ3v) is 5.52. The van der Waals surface area contributed by atoms with Crippen molar-refractivity contribution in [1.82, 2.24) is 10.6 Å². The summed E-state index contributed by atoms with van der Waals surface area (Å²) < 4.78 is 0. The standard InChI is InChI=1S/C26H29ClN2O4/c1-17(28-16-25(32)21-12-23(30)14-24(31)13-21)9-19-3-2-4-20(10-19)11-26(33)29-15-18-5-7-22(27)8-6-18/h2-8,10,12-14,17,25,28,30-32H,9,11,15-16H2,1H3,(H,29,33). The van der Waals surface area contributed by atoms with E-state index in [-0.39, 0.29) is 30.0 Å². The number of aliphatic hydroxyl groups excluding tert-OH is 1. The van der Waals surface area contributed by atoms with E-state index in [4.69, 9.17) is 11.6 Å². The van der Waals surface area contributed by atoms with Gasteiger partial charge in [-0.25, -0.2) is 0 Å². The van der Waals surface area contributed by atoms with Crippen LogP contribution in [0.3, 0.4) is 0 Å². The number of nitrogens with one attached hydrogen (secondary N) is 2. The Labute approximate surface area is 198 Å². The van der Waals surface area contributed by atoms with Gasteiger partial charge in [0.25, 0.3) is 0 Å². The molecule has 33 heavy (non-hydrogen) atoms. The maximum absolute atomic E-state index is 12.3. The number of carbonyl (C=O) groups excluding carboxylic acids is 1. The zero-order valence-corrected chi connectivity index (χ0v) is 19.2. The average Bonchev–Trinajstić information content (AvgIpc) is 2.76. The molecule has 2 atom stereocenters. The van der Waals surface area contributed by atoms with Gasteiger partial charge in [-0.1, -0.05) is 48.0 Å². The summed E-state index contributed by atoms with van der Waals surface area (Å²) in [7, 11) is 0. The summed E-state index contributed by atoms with van der Waals surface area (Å²) in [6.07, 6.45) is 0.155. The minimum atomic E-state index is -0.860. The number of phenols is 2. The van der Waals surface area contributed by atoms with Crippen molar-refractivity contribution in [3.63, 3.8) is 0 Å². The van der Waals surface area contributed by atoms with E-state index in [0.29, 0.717) is 23.6 Å². The molecular formula is C26H29ClN2O4. The summed E-state index contributed by atoms with van der Waals surface area (Å²) in [6.45, 7) is 2.74. The van der Waals surface area contributed by atoms with Crippen LogP contribution >= 0.6 is 11.6 Å². The molecule has 0 aromatic heterocycles. The van der Waals surface area contributed by atoms with Crippen LogP contribution in [-0.4, -0.2) is 33.8 Å². The van der Waals surface area contributed by atoms with Crippen LogP contribution in [0.5, 0.6) is 11.5 Å². The lowest BCUT2D eigenvalue weighted by molar-refractivity contribution is -0.120. The number of rotatable bonds is 10. The molecule has 0 saturated carbocycles. The fraction of sp³-hybridized carbons (Fsp3) is 0.269. The molecule has 0 aliphatic carbocycles. The van der Waals surface area contributed by atoms with Crippen molar-refractivity contribution in [2.24, 2.45) is 0 Å². The number of carbonyl (C=O) groups is 1. The SMILES string of the molecule is CC(Cc1cccc(CC(=O)NCc2ccc(Cl)cc2)c1)NCC(O)c1cc(O)cc(O)c1. The van der Waals surface area contributed by atoms with Gasteiger partial charge in [0.1, 0.15) is 11.5 Å². The fourth-order valence-electron chi connectivity index (χ4n) is 3.58. The molecule has 2 unspecified atom stereocenters.